The van der Waals surface area contributed by atoms with Crippen LogP contribution in [0.5, 0.6) is 0 Å². The minimum atomic E-state index is -0.0495. The summed E-state index contributed by atoms with van der Waals surface area (Å²) in [7, 11) is 0. The van der Waals surface area contributed by atoms with Crippen LogP contribution >= 0.6 is 0 Å². The fourth-order valence-electron chi connectivity index (χ4n) is 6.35. The summed E-state index contributed by atoms with van der Waals surface area (Å²) in [6, 6.07) is 0. The Morgan fingerprint density at radius 3 is 1.25 bits per heavy atom. The van der Waals surface area contributed by atoms with E-state index in [1.165, 1.54) is 16.8 Å². The van der Waals surface area contributed by atoms with Gasteiger partial charge in [0.15, 0.2) is 5.82 Å². The van der Waals surface area contributed by atoms with E-state index in [1.807, 2.05) is 23.4 Å². The fraction of sp³-hybridized carbons (Fsp3) is 0.769. The van der Waals surface area contributed by atoms with Crippen LogP contribution in [0.1, 0.15) is 248 Å². The maximum Gasteiger partial charge on any atom is 0.157 e. The van der Waals surface area contributed by atoms with Crippen LogP contribution < -0.4 is 0 Å². The maximum absolute atomic E-state index is 5.31. The highest BCUT2D eigenvalue weighted by Gasteiger charge is 2.31. The molecule has 5 rings (SSSR count). The zero-order valence-corrected chi connectivity index (χ0v) is 47.1. The van der Waals surface area contributed by atoms with Crippen molar-refractivity contribution in [1.82, 2.24) is 54.8 Å². The van der Waals surface area contributed by atoms with Crippen molar-refractivity contribution in [3.63, 3.8) is 0 Å². The second-order valence-electron chi connectivity index (χ2n) is 27.5. The third-order valence-corrected chi connectivity index (χ3v) is 9.99. The minimum Gasteiger partial charge on any atom is -0.364 e. The van der Waals surface area contributed by atoms with Crippen LogP contribution in [0.25, 0.3) is 0 Å². The molecule has 0 fully saturated rings. The van der Waals surface area contributed by atoms with Gasteiger partial charge in [0, 0.05) is 61.2 Å². The van der Waals surface area contributed by atoms with Crippen LogP contribution in [-0.4, -0.2) is 54.8 Å². The van der Waals surface area contributed by atoms with Crippen molar-refractivity contribution in [1.29, 1.82) is 0 Å². The third kappa shape index (κ3) is 17.9. The molecule has 5 heterocycles. The van der Waals surface area contributed by atoms with E-state index in [4.69, 9.17) is 9.05 Å². The van der Waals surface area contributed by atoms with Gasteiger partial charge in [-0.3, -0.25) is 0 Å². The molecule has 0 aliphatic carbocycles. The summed E-state index contributed by atoms with van der Waals surface area (Å²) in [4.78, 5) is 4.22. The molecule has 0 saturated carbocycles. The standard InChI is InChI=1S/C11H20N2.2C11H19NO.C10H19N3.C9H18N4/c1-10(2,3)9-7-12-8-13(9)11(4,5)6;1-10(2,3)8-7-13-12-9(8)11(4,5)6;1-10(2,3)8-7-12-13-9(8)11(4,5)6;1-9(2,3)8-12-11-7-13(8)10(4,5)6;1-8(2,3)7-10-11-12-13(7)9(4,5)6/h7-8H,1-6H3;3*7H,1-6H3;1-6H3. The van der Waals surface area contributed by atoms with Gasteiger partial charge in [0.1, 0.15) is 24.2 Å². The monoisotopic (exact) mass is 906 g/mol. The molecule has 0 atom stereocenters. The Labute approximate surface area is 396 Å². The van der Waals surface area contributed by atoms with E-state index in [0.29, 0.717) is 0 Å². The number of tetrazole rings is 1. The molecular weight excluding hydrogens is 811 g/mol. The quantitative estimate of drug-likeness (QED) is 0.147. The van der Waals surface area contributed by atoms with Gasteiger partial charge < -0.3 is 18.2 Å². The maximum atomic E-state index is 5.31. The van der Waals surface area contributed by atoms with Crippen LogP contribution in [0.3, 0.4) is 0 Å². The molecule has 0 amide bonds. The molecule has 0 bridgehead atoms. The highest BCUT2D eigenvalue weighted by Crippen LogP contribution is 2.34. The summed E-state index contributed by atoms with van der Waals surface area (Å²) < 4.78 is 16.6. The van der Waals surface area contributed by atoms with Crippen LogP contribution in [-0.2, 0) is 54.5 Å². The lowest BCUT2D eigenvalue weighted by Gasteiger charge is -2.29. The first kappa shape index (κ1) is 58.9. The average Bonchev–Trinajstić information content (AvgIpc) is 3.92. The molecule has 370 valence electrons. The summed E-state index contributed by atoms with van der Waals surface area (Å²) >= 11 is 0. The summed E-state index contributed by atoms with van der Waals surface area (Å²) in [6.07, 6.45) is 9.29. The number of rotatable bonds is 0. The smallest absolute Gasteiger partial charge is 0.157 e. The normalized spacial score (nSPS) is 13.4. The molecule has 0 radical (unpaired) electrons. The molecule has 0 aliphatic rings. The molecule has 0 spiro atoms. The highest BCUT2D eigenvalue weighted by molar-refractivity contribution is 5.29. The molecule has 13 nitrogen and oxygen atoms in total. The Bertz CT molecular complexity index is 1650. The average molecular weight is 906 g/mol. The van der Waals surface area contributed by atoms with Gasteiger partial charge in [0.25, 0.3) is 0 Å². The van der Waals surface area contributed by atoms with Crippen LogP contribution in [0.4, 0.5) is 0 Å². The topological polar surface area (TPSA) is 144 Å². The number of hydrogen-bond acceptors (Lipinski definition) is 10. The number of aromatic nitrogens is 11. The van der Waals surface area contributed by atoms with E-state index in [9.17, 15) is 0 Å². The lowest BCUT2D eigenvalue weighted by Crippen LogP contribution is -2.30. The molecule has 0 aliphatic heterocycles. The predicted octanol–water partition coefficient (Wildman–Crippen LogP) is 13.5. The van der Waals surface area contributed by atoms with Gasteiger partial charge in [-0.25, -0.2) is 9.67 Å². The van der Waals surface area contributed by atoms with Crippen molar-refractivity contribution in [2.45, 2.75) is 262 Å². The minimum absolute atomic E-state index is 0.00319. The fourth-order valence-corrected chi connectivity index (χ4v) is 6.35. The number of imidazole rings is 1. The van der Waals surface area contributed by atoms with E-state index < -0.39 is 0 Å². The van der Waals surface area contributed by atoms with Crippen molar-refractivity contribution >= 4 is 0 Å². The van der Waals surface area contributed by atoms with Gasteiger partial charge in [-0.05, 0) is 83.6 Å². The largest absolute Gasteiger partial charge is 0.364 e. The Balaban J connectivity index is 0.000000406. The van der Waals surface area contributed by atoms with E-state index >= 15 is 0 Å². The first-order valence-electron chi connectivity index (χ1n) is 23.3. The van der Waals surface area contributed by atoms with Gasteiger partial charge in [-0.15, -0.1) is 15.3 Å². The van der Waals surface area contributed by atoms with Crippen molar-refractivity contribution in [2.75, 3.05) is 0 Å². The van der Waals surface area contributed by atoms with Gasteiger partial charge in [0.05, 0.1) is 23.8 Å². The summed E-state index contributed by atoms with van der Waals surface area (Å²) in [5, 5.41) is 27.9. The SMILES string of the molecule is CC(C)(C)c1cncn1C(C)(C)C.CC(C)(C)c1cnoc1C(C)(C)C.CC(C)(C)c1conc1C(C)(C)C.CC(C)(C)c1nncn1C(C)(C)C.CC(C)(C)c1nnnn1C(C)(C)C. The molecule has 0 aromatic carbocycles. The molecule has 5 aromatic heterocycles. The molecule has 13 heteroatoms. The second-order valence-corrected chi connectivity index (χ2v) is 27.5. The van der Waals surface area contributed by atoms with Crippen molar-refractivity contribution < 1.29 is 9.05 Å². The lowest BCUT2D eigenvalue weighted by molar-refractivity contribution is 0.314. The predicted molar refractivity (Wildman–Crippen MR) is 269 cm³/mol. The Kier molecular flexibility index (Phi) is 18.4. The Hall–Kier alpha value is -4.16. The molecule has 5 aromatic rings. The second kappa shape index (κ2) is 20.4. The van der Waals surface area contributed by atoms with Crippen molar-refractivity contribution in [2.24, 2.45) is 0 Å². The first-order valence-corrected chi connectivity index (χ1v) is 23.3. The molecule has 65 heavy (non-hydrogen) atoms. The highest BCUT2D eigenvalue weighted by atomic mass is 16.5. The van der Waals surface area contributed by atoms with Crippen LogP contribution in [0, 0.1) is 0 Å². The van der Waals surface area contributed by atoms with Gasteiger partial charge in [-0.2, -0.15) is 0 Å². The summed E-state index contributed by atoms with van der Waals surface area (Å²) in [6.45, 7) is 64.7. The number of hydrogen-bond donors (Lipinski definition) is 0. The zero-order chi connectivity index (χ0) is 51.4. The Morgan fingerprint density at radius 2 is 0.938 bits per heavy atom. The van der Waals surface area contributed by atoms with E-state index in [-0.39, 0.29) is 54.5 Å². The van der Waals surface area contributed by atoms with Gasteiger partial charge >= 0.3 is 0 Å². The third-order valence-electron chi connectivity index (χ3n) is 9.99. The van der Waals surface area contributed by atoms with E-state index in [1.54, 1.807) is 12.6 Å². The molecule has 0 N–H and O–H groups in total. The molecular formula is C52H95N11O2. The zero-order valence-electron chi connectivity index (χ0n) is 47.1. The van der Waals surface area contributed by atoms with Crippen molar-refractivity contribution in [3.8, 4) is 0 Å². The first-order chi connectivity index (χ1) is 28.6. The van der Waals surface area contributed by atoms with Crippen molar-refractivity contribution in [3.05, 3.63) is 71.2 Å². The summed E-state index contributed by atoms with van der Waals surface area (Å²) in [5.74, 6) is 2.97. The van der Waals surface area contributed by atoms with Gasteiger partial charge in [0.2, 0.25) is 0 Å². The number of nitrogens with zero attached hydrogens (tertiary/aromatic N) is 11. The van der Waals surface area contributed by atoms with Crippen LogP contribution in [0.2, 0.25) is 0 Å². The molecule has 0 saturated heterocycles. The van der Waals surface area contributed by atoms with E-state index in [2.05, 4.69) is 258 Å². The lowest BCUT2D eigenvalue weighted by atomic mass is 9.80. The molecule has 0 unspecified atom stereocenters. The Morgan fingerprint density at radius 1 is 0.446 bits per heavy atom. The van der Waals surface area contributed by atoms with E-state index in [0.717, 1.165) is 23.1 Å². The van der Waals surface area contributed by atoms with Gasteiger partial charge in [-0.1, -0.05) is 156 Å². The van der Waals surface area contributed by atoms with Crippen LogP contribution in [0.15, 0.2) is 40.4 Å². The summed E-state index contributed by atoms with van der Waals surface area (Å²) in [5.41, 5.74) is 5.47.